The van der Waals surface area contributed by atoms with Crippen LogP contribution in [0.1, 0.15) is 31.2 Å². The van der Waals surface area contributed by atoms with Crippen LogP contribution in [0, 0.1) is 17.0 Å². The number of nitrogens with zero attached hydrogens (tertiary/aromatic N) is 2. The SMILES string of the molecule is Cc1cnc(NC2CCCC2)c([N+](=O)[O-])c1. The Morgan fingerprint density at radius 2 is 2.19 bits per heavy atom. The van der Waals surface area contributed by atoms with E-state index in [0.717, 1.165) is 18.4 Å². The van der Waals surface area contributed by atoms with Crippen molar-refractivity contribution in [1.29, 1.82) is 0 Å². The quantitative estimate of drug-likeness (QED) is 0.629. The van der Waals surface area contributed by atoms with E-state index in [2.05, 4.69) is 10.3 Å². The van der Waals surface area contributed by atoms with Crippen LogP contribution in [0.2, 0.25) is 0 Å². The highest BCUT2D eigenvalue weighted by Gasteiger charge is 2.21. The smallest absolute Gasteiger partial charge is 0.311 e. The standard InChI is InChI=1S/C11H15N3O2/c1-8-6-10(14(15)16)11(12-7-8)13-9-4-2-3-5-9/h6-7,9H,2-5H2,1H3,(H,12,13). The van der Waals surface area contributed by atoms with Crippen LogP contribution in [-0.4, -0.2) is 15.9 Å². The number of aromatic nitrogens is 1. The second-order valence-corrected chi connectivity index (χ2v) is 4.26. The molecule has 0 aliphatic heterocycles. The molecule has 86 valence electrons. The number of aryl methyl sites for hydroxylation is 1. The molecule has 5 heteroatoms. The van der Waals surface area contributed by atoms with E-state index in [9.17, 15) is 10.1 Å². The molecule has 1 aromatic rings. The van der Waals surface area contributed by atoms with E-state index in [0.29, 0.717) is 11.9 Å². The molecule has 1 N–H and O–H groups in total. The molecule has 1 aliphatic rings. The molecule has 1 saturated carbocycles. The van der Waals surface area contributed by atoms with Gasteiger partial charge in [-0.05, 0) is 25.3 Å². The molecule has 0 spiro atoms. The molecule has 1 heterocycles. The van der Waals surface area contributed by atoms with Gasteiger partial charge in [0.1, 0.15) is 0 Å². The molecule has 5 nitrogen and oxygen atoms in total. The number of pyridine rings is 1. The van der Waals surface area contributed by atoms with Crippen LogP contribution in [0.4, 0.5) is 11.5 Å². The third kappa shape index (κ3) is 2.29. The molecular formula is C11H15N3O2. The highest BCUT2D eigenvalue weighted by Crippen LogP contribution is 2.27. The molecule has 1 aliphatic carbocycles. The zero-order valence-electron chi connectivity index (χ0n) is 9.27. The first-order chi connectivity index (χ1) is 7.66. The average molecular weight is 221 g/mol. The predicted molar refractivity (Wildman–Crippen MR) is 61.5 cm³/mol. The molecule has 1 aromatic heterocycles. The van der Waals surface area contributed by atoms with Gasteiger partial charge in [0.15, 0.2) is 0 Å². The number of anilines is 1. The van der Waals surface area contributed by atoms with Crippen molar-refractivity contribution in [2.24, 2.45) is 0 Å². The number of hydrogen-bond acceptors (Lipinski definition) is 4. The van der Waals surface area contributed by atoms with Gasteiger partial charge in [0, 0.05) is 18.3 Å². The second kappa shape index (κ2) is 4.47. The van der Waals surface area contributed by atoms with Gasteiger partial charge in [-0.1, -0.05) is 12.8 Å². The Hall–Kier alpha value is -1.65. The van der Waals surface area contributed by atoms with Gasteiger partial charge in [-0.15, -0.1) is 0 Å². The Kier molecular flexibility index (Phi) is 3.03. The average Bonchev–Trinajstić information content (AvgIpc) is 2.73. The fourth-order valence-corrected chi connectivity index (χ4v) is 2.07. The van der Waals surface area contributed by atoms with Crippen LogP contribution in [0.3, 0.4) is 0 Å². The summed E-state index contributed by atoms with van der Waals surface area (Å²) in [4.78, 5) is 14.6. The van der Waals surface area contributed by atoms with E-state index in [1.165, 1.54) is 12.8 Å². The summed E-state index contributed by atoms with van der Waals surface area (Å²) in [6, 6.07) is 1.90. The molecule has 1 fully saturated rings. The van der Waals surface area contributed by atoms with Gasteiger partial charge in [-0.3, -0.25) is 10.1 Å². The summed E-state index contributed by atoms with van der Waals surface area (Å²) >= 11 is 0. The van der Waals surface area contributed by atoms with Gasteiger partial charge in [-0.2, -0.15) is 0 Å². The number of rotatable bonds is 3. The summed E-state index contributed by atoms with van der Waals surface area (Å²) in [5.41, 5.74) is 0.885. The first kappa shape index (κ1) is 10.9. The van der Waals surface area contributed by atoms with Crippen molar-refractivity contribution in [3.05, 3.63) is 27.9 Å². The lowest BCUT2D eigenvalue weighted by Gasteiger charge is -2.12. The van der Waals surface area contributed by atoms with Crippen molar-refractivity contribution in [1.82, 2.24) is 4.98 Å². The first-order valence-corrected chi connectivity index (χ1v) is 5.54. The highest BCUT2D eigenvalue weighted by atomic mass is 16.6. The van der Waals surface area contributed by atoms with Gasteiger partial charge in [-0.25, -0.2) is 4.98 Å². The van der Waals surface area contributed by atoms with Crippen molar-refractivity contribution in [2.45, 2.75) is 38.6 Å². The summed E-state index contributed by atoms with van der Waals surface area (Å²) in [5, 5.41) is 14.0. The molecule has 16 heavy (non-hydrogen) atoms. The highest BCUT2D eigenvalue weighted by molar-refractivity contribution is 5.57. The monoisotopic (exact) mass is 221 g/mol. The molecule has 0 saturated heterocycles. The minimum Gasteiger partial charge on any atom is -0.362 e. The Balaban J connectivity index is 2.21. The van der Waals surface area contributed by atoms with E-state index in [1.54, 1.807) is 19.2 Å². The number of hydrogen-bond donors (Lipinski definition) is 1. The minimum absolute atomic E-state index is 0.0758. The summed E-state index contributed by atoms with van der Waals surface area (Å²) in [7, 11) is 0. The van der Waals surface area contributed by atoms with Crippen LogP contribution in [0.5, 0.6) is 0 Å². The Labute approximate surface area is 94.0 Å². The number of nitrogens with one attached hydrogen (secondary N) is 1. The van der Waals surface area contributed by atoms with E-state index in [4.69, 9.17) is 0 Å². The molecule has 0 bridgehead atoms. The normalized spacial score (nSPS) is 16.3. The maximum atomic E-state index is 10.9. The third-order valence-electron chi connectivity index (χ3n) is 2.90. The second-order valence-electron chi connectivity index (χ2n) is 4.26. The van der Waals surface area contributed by atoms with Crippen LogP contribution in [0.25, 0.3) is 0 Å². The zero-order valence-corrected chi connectivity index (χ0v) is 9.27. The van der Waals surface area contributed by atoms with Crippen LogP contribution in [-0.2, 0) is 0 Å². The van der Waals surface area contributed by atoms with E-state index in [1.807, 2.05) is 0 Å². The van der Waals surface area contributed by atoms with Gasteiger partial charge in [0.25, 0.3) is 0 Å². The van der Waals surface area contributed by atoms with E-state index in [-0.39, 0.29) is 10.6 Å². The fraction of sp³-hybridized carbons (Fsp3) is 0.545. The Bertz CT molecular complexity index is 400. The lowest BCUT2D eigenvalue weighted by Crippen LogP contribution is -2.16. The lowest BCUT2D eigenvalue weighted by atomic mass is 10.2. The van der Waals surface area contributed by atoms with Crippen LogP contribution < -0.4 is 5.32 Å². The maximum Gasteiger partial charge on any atom is 0.311 e. The molecule has 0 aromatic carbocycles. The number of nitro groups is 1. The van der Waals surface area contributed by atoms with E-state index >= 15 is 0 Å². The topological polar surface area (TPSA) is 68.1 Å². The van der Waals surface area contributed by atoms with Crippen molar-refractivity contribution in [3.8, 4) is 0 Å². The molecule has 2 rings (SSSR count). The van der Waals surface area contributed by atoms with Gasteiger partial charge >= 0.3 is 5.69 Å². The molecule has 0 atom stereocenters. The molecule has 0 radical (unpaired) electrons. The fourth-order valence-electron chi connectivity index (χ4n) is 2.07. The Morgan fingerprint density at radius 3 is 2.81 bits per heavy atom. The lowest BCUT2D eigenvalue weighted by molar-refractivity contribution is -0.384. The van der Waals surface area contributed by atoms with Crippen molar-refractivity contribution < 1.29 is 4.92 Å². The van der Waals surface area contributed by atoms with E-state index < -0.39 is 0 Å². The third-order valence-corrected chi connectivity index (χ3v) is 2.90. The predicted octanol–water partition coefficient (Wildman–Crippen LogP) is 2.65. The van der Waals surface area contributed by atoms with Gasteiger partial charge in [0.05, 0.1) is 4.92 Å². The molecule has 0 unspecified atom stereocenters. The molecule has 0 amide bonds. The zero-order chi connectivity index (χ0) is 11.5. The minimum atomic E-state index is -0.378. The van der Waals surface area contributed by atoms with Crippen molar-refractivity contribution >= 4 is 11.5 Å². The summed E-state index contributed by atoms with van der Waals surface area (Å²) < 4.78 is 0. The van der Waals surface area contributed by atoms with Gasteiger partial charge < -0.3 is 5.32 Å². The largest absolute Gasteiger partial charge is 0.362 e. The molecular weight excluding hydrogens is 206 g/mol. The first-order valence-electron chi connectivity index (χ1n) is 5.54. The summed E-state index contributed by atoms with van der Waals surface area (Å²) in [6.07, 6.45) is 6.19. The van der Waals surface area contributed by atoms with Gasteiger partial charge in [0.2, 0.25) is 5.82 Å². The van der Waals surface area contributed by atoms with Crippen LogP contribution >= 0.6 is 0 Å². The van der Waals surface area contributed by atoms with Crippen molar-refractivity contribution in [2.75, 3.05) is 5.32 Å². The van der Waals surface area contributed by atoms with Crippen molar-refractivity contribution in [3.63, 3.8) is 0 Å². The Morgan fingerprint density at radius 1 is 1.50 bits per heavy atom. The summed E-state index contributed by atoms with van der Waals surface area (Å²) in [6.45, 7) is 1.80. The maximum absolute atomic E-state index is 10.9. The van der Waals surface area contributed by atoms with Crippen LogP contribution in [0.15, 0.2) is 12.3 Å². The summed E-state index contributed by atoms with van der Waals surface area (Å²) in [5.74, 6) is 0.405.